The van der Waals surface area contributed by atoms with Crippen LogP contribution in [0.25, 0.3) is 0 Å². The molecule has 2 aliphatic rings. The normalized spacial score (nSPS) is 27.8. The number of carbonyl (C=O) groups excluding carboxylic acids is 1. The number of benzene rings is 1. The van der Waals surface area contributed by atoms with Crippen molar-refractivity contribution in [1.82, 2.24) is 10.6 Å². The quantitative estimate of drug-likeness (QED) is 0.789. The van der Waals surface area contributed by atoms with E-state index in [1.165, 1.54) is 12.0 Å². The molecule has 4 heteroatoms. The highest BCUT2D eigenvalue weighted by atomic mass is 16.5. The monoisotopic (exact) mass is 328 g/mol. The summed E-state index contributed by atoms with van der Waals surface area (Å²) in [5, 5.41) is 6.81. The topological polar surface area (TPSA) is 50.4 Å². The number of nitrogens with one attached hydrogen (secondary N) is 2. The summed E-state index contributed by atoms with van der Waals surface area (Å²) < 4.78 is 5.38. The number of hydrogen-bond acceptors (Lipinski definition) is 3. The van der Waals surface area contributed by atoms with Gasteiger partial charge in [0.05, 0.1) is 12.5 Å². The Morgan fingerprint density at radius 2 is 2.17 bits per heavy atom. The van der Waals surface area contributed by atoms with Gasteiger partial charge in [-0.1, -0.05) is 29.8 Å². The van der Waals surface area contributed by atoms with Gasteiger partial charge >= 0.3 is 0 Å². The van der Waals surface area contributed by atoms with Crippen molar-refractivity contribution in [2.24, 2.45) is 5.41 Å². The fourth-order valence-electron chi connectivity index (χ4n) is 4.15. The zero-order chi connectivity index (χ0) is 17.2. The average molecular weight is 328 g/mol. The number of ether oxygens (including phenoxy) is 1. The predicted molar refractivity (Wildman–Crippen MR) is 95.9 cm³/mol. The Labute approximate surface area is 144 Å². The van der Waals surface area contributed by atoms with Gasteiger partial charge in [0.1, 0.15) is 5.75 Å². The van der Waals surface area contributed by atoms with Crippen molar-refractivity contribution in [3.8, 4) is 5.75 Å². The first-order valence-corrected chi connectivity index (χ1v) is 8.85. The summed E-state index contributed by atoms with van der Waals surface area (Å²) in [6.45, 7) is 4.71. The van der Waals surface area contributed by atoms with Gasteiger partial charge in [-0.15, -0.1) is 0 Å². The first-order chi connectivity index (χ1) is 11.5. The highest BCUT2D eigenvalue weighted by molar-refractivity contribution is 5.84. The van der Waals surface area contributed by atoms with E-state index in [0.29, 0.717) is 18.6 Å². The molecule has 1 aromatic rings. The molecule has 130 valence electrons. The Hall–Kier alpha value is -1.81. The van der Waals surface area contributed by atoms with E-state index in [9.17, 15) is 4.79 Å². The standard InChI is InChI=1S/C20H28N2O2/c1-14(2)10-11-20(12-16-8-9-18(20)22-16)19(23)21-13-15-6-4-5-7-17(15)24-3/h4-7,10,16,18,22H,8-9,11-13H2,1-3H3,(H,21,23)/t16-,18+,20+/m0/s1. The van der Waals surface area contributed by atoms with E-state index in [2.05, 4.69) is 30.6 Å². The van der Waals surface area contributed by atoms with E-state index in [1.54, 1.807) is 7.11 Å². The minimum atomic E-state index is -0.303. The van der Waals surface area contributed by atoms with Gasteiger partial charge in [0, 0.05) is 24.2 Å². The Kier molecular flexibility index (Phi) is 4.95. The van der Waals surface area contributed by atoms with Crippen molar-refractivity contribution < 1.29 is 9.53 Å². The highest BCUT2D eigenvalue weighted by Gasteiger charge is 2.54. The first kappa shape index (κ1) is 17.0. The van der Waals surface area contributed by atoms with Crippen LogP contribution in [-0.4, -0.2) is 25.1 Å². The molecule has 4 nitrogen and oxygen atoms in total. The van der Waals surface area contributed by atoms with Crippen LogP contribution in [-0.2, 0) is 11.3 Å². The van der Waals surface area contributed by atoms with E-state index < -0.39 is 0 Å². The number of fused-ring (bicyclic) bond motifs is 2. The molecule has 0 aromatic heterocycles. The molecular weight excluding hydrogens is 300 g/mol. The van der Waals surface area contributed by atoms with Crippen LogP contribution in [0.4, 0.5) is 0 Å². The number of amides is 1. The van der Waals surface area contributed by atoms with Gasteiger partial charge in [-0.25, -0.2) is 0 Å². The maximum atomic E-state index is 13.1. The van der Waals surface area contributed by atoms with E-state index in [0.717, 1.165) is 30.6 Å². The van der Waals surface area contributed by atoms with Gasteiger partial charge in [-0.3, -0.25) is 4.79 Å². The van der Waals surface area contributed by atoms with E-state index >= 15 is 0 Å². The molecule has 0 radical (unpaired) electrons. The van der Waals surface area contributed by atoms with Crippen LogP contribution in [0.15, 0.2) is 35.9 Å². The Bertz CT molecular complexity index is 636. The number of rotatable bonds is 6. The summed E-state index contributed by atoms with van der Waals surface area (Å²) in [6, 6.07) is 8.65. The second-order valence-corrected chi connectivity index (χ2v) is 7.33. The Balaban J connectivity index is 1.74. The average Bonchev–Trinajstić information content (AvgIpc) is 3.19. The zero-order valence-corrected chi connectivity index (χ0v) is 14.9. The Morgan fingerprint density at radius 3 is 2.79 bits per heavy atom. The van der Waals surface area contributed by atoms with Crippen LogP contribution in [0, 0.1) is 5.41 Å². The lowest BCUT2D eigenvalue weighted by molar-refractivity contribution is -0.132. The molecule has 2 N–H and O–H groups in total. The van der Waals surface area contributed by atoms with Crippen molar-refractivity contribution >= 4 is 5.91 Å². The lowest BCUT2D eigenvalue weighted by Crippen LogP contribution is -2.48. The van der Waals surface area contributed by atoms with Gasteiger partial charge in [-0.05, 0) is 45.6 Å². The van der Waals surface area contributed by atoms with E-state index in [1.807, 2.05) is 24.3 Å². The first-order valence-electron chi connectivity index (χ1n) is 8.85. The summed E-state index contributed by atoms with van der Waals surface area (Å²) in [4.78, 5) is 13.1. The highest BCUT2D eigenvalue weighted by Crippen LogP contribution is 2.46. The lowest BCUT2D eigenvalue weighted by atomic mass is 9.70. The van der Waals surface area contributed by atoms with Gasteiger partial charge < -0.3 is 15.4 Å². The predicted octanol–water partition coefficient (Wildman–Crippen LogP) is 3.18. The fraction of sp³-hybridized carbons (Fsp3) is 0.550. The summed E-state index contributed by atoms with van der Waals surface area (Å²) >= 11 is 0. The van der Waals surface area contributed by atoms with E-state index in [-0.39, 0.29) is 11.3 Å². The van der Waals surface area contributed by atoms with Crippen molar-refractivity contribution in [2.45, 2.75) is 58.2 Å². The molecule has 0 saturated carbocycles. The smallest absolute Gasteiger partial charge is 0.228 e. The maximum absolute atomic E-state index is 13.1. The number of hydrogen-bond donors (Lipinski definition) is 2. The molecule has 0 aliphatic carbocycles. The Morgan fingerprint density at radius 1 is 1.38 bits per heavy atom. The van der Waals surface area contributed by atoms with Crippen molar-refractivity contribution in [1.29, 1.82) is 0 Å². The number of para-hydroxylation sites is 1. The molecule has 3 rings (SSSR count). The molecule has 0 unspecified atom stereocenters. The van der Waals surface area contributed by atoms with Gasteiger partial charge in [0.15, 0.2) is 0 Å². The molecular formula is C20H28N2O2. The minimum absolute atomic E-state index is 0.172. The third-order valence-electron chi connectivity index (χ3n) is 5.48. The second-order valence-electron chi connectivity index (χ2n) is 7.33. The van der Waals surface area contributed by atoms with Crippen molar-refractivity contribution in [2.75, 3.05) is 7.11 Å². The molecule has 2 saturated heterocycles. The molecule has 0 spiro atoms. The molecule has 2 aliphatic heterocycles. The summed E-state index contributed by atoms with van der Waals surface area (Å²) in [5.41, 5.74) is 1.99. The molecule has 3 atom stereocenters. The molecule has 1 aromatic carbocycles. The number of methoxy groups -OCH3 is 1. The lowest BCUT2D eigenvalue weighted by Gasteiger charge is -2.34. The third kappa shape index (κ3) is 3.20. The molecule has 24 heavy (non-hydrogen) atoms. The molecule has 2 fully saturated rings. The van der Waals surface area contributed by atoms with Gasteiger partial charge in [-0.2, -0.15) is 0 Å². The van der Waals surface area contributed by atoms with Crippen LogP contribution in [0.1, 0.15) is 45.1 Å². The largest absolute Gasteiger partial charge is 0.496 e. The molecule has 2 bridgehead atoms. The fourth-order valence-corrected chi connectivity index (χ4v) is 4.15. The SMILES string of the molecule is COc1ccccc1CNC(=O)[C@]1(CC=C(C)C)C[C@@H]2CC[C@H]1N2. The molecule has 2 heterocycles. The van der Waals surface area contributed by atoms with Crippen molar-refractivity contribution in [3.05, 3.63) is 41.5 Å². The summed E-state index contributed by atoms with van der Waals surface area (Å²) in [6.07, 6.45) is 6.27. The van der Waals surface area contributed by atoms with Crippen LogP contribution >= 0.6 is 0 Å². The van der Waals surface area contributed by atoms with Crippen LogP contribution in [0.2, 0.25) is 0 Å². The maximum Gasteiger partial charge on any atom is 0.228 e. The molecule has 1 amide bonds. The van der Waals surface area contributed by atoms with Crippen LogP contribution in [0.5, 0.6) is 5.75 Å². The second kappa shape index (κ2) is 6.98. The van der Waals surface area contributed by atoms with Crippen LogP contribution in [0.3, 0.4) is 0 Å². The summed E-state index contributed by atoms with van der Waals surface area (Å²) in [5.74, 6) is 0.993. The third-order valence-corrected chi connectivity index (χ3v) is 5.48. The van der Waals surface area contributed by atoms with Crippen LogP contribution < -0.4 is 15.4 Å². The summed E-state index contributed by atoms with van der Waals surface area (Å²) in [7, 11) is 1.66. The zero-order valence-electron chi connectivity index (χ0n) is 14.9. The van der Waals surface area contributed by atoms with E-state index in [4.69, 9.17) is 4.74 Å². The van der Waals surface area contributed by atoms with Gasteiger partial charge in [0.2, 0.25) is 5.91 Å². The van der Waals surface area contributed by atoms with Gasteiger partial charge in [0.25, 0.3) is 0 Å². The van der Waals surface area contributed by atoms with Crippen molar-refractivity contribution in [3.63, 3.8) is 0 Å². The number of allylic oxidation sites excluding steroid dienone is 2. The number of carbonyl (C=O) groups is 1. The minimum Gasteiger partial charge on any atom is -0.496 e.